The Kier molecular flexibility index (Phi) is 5.96. The van der Waals surface area contributed by atoms with Gasteiger partial charge in [-0.15, -0.1) is 0 Å². The van der Waals surface area contributed by atoms with Gasteiger partial charge in [-0.25, -0.2) is 0 Å². The molecule has 1 aliphatic heterocycles. The summed E-state index contributed by atoms with van der Waals surface area (Å²) in [5.41, 5.74) is 0. The van der Waals surface area contributed by atoms with Crippen LogP contribution in [0.4, 0.5) is 0 Å². The van der Waals surface area contributed by atoms with E-state index >= 15 is 0 Å². The Labute approximate surface area is 106 Å². The molecule has 0 aromatic heterocycles. The average molecular weight is 240 g/mol. The lowest BCUT2D eigenvalue weighted by Gasteiger charge is -2.32. The van der Waals surface area contributed by atoms with Crippen LogP contribution < -0.4 is 5.32 Å². The summed E-state index contributed by atoms with van der Waals surface area (Å²) in [4.78, 5) is 14.5. The van der Waals surface area contributed by atoms with Crippen LogP contribution in [0.1, 0.15) is 47.0 Å². The summed E-state index contributed by atoms with van der Waals surface area (Å²) in [6.45, 7) is 11.5. The molecule has 1 heterocycles. The fraction of sp³-hybridized carbons (Fsp3) is 0.929. The van der Waals surface area contributed by atoms with Crippen molar-refractivity contribution in [3.8, 4) is 0 Å². The van der Waals surface area contributed by atoms with Gasteiger partial charge in [-0.1, -0.05) is 34.1 Å². The zero-order valence-electron chi connectivity index (χ0n) is 11.8. The summed E-state index contributed by atoms with van der Waals surface area (Å²) in [7, 11) is 0. The summed E-state index contributed by atoms with van der Waals surface area (Å²) in [5, 5.41) is 3.35. The number of hydrogen-bond donors (Lipinski definition) is 1. The largest absolute Gasteiger partial charge is 0.341 e. The maximum absolute atomic E-state index is 12.4. The highest BCUT2D eigenvalue weighted by Gasteiger charge is 2.26. The van der Waals surface area contributed by atoms with Gasteiger partial charge in [0.25, 0.3) is 0 Å². The van der Waals surface area contributed by atoms with Crippen LogP contribution in [0.15, 0.2) is 0 Å². The minimum atomic E-state index is 0.0706. The zero-order valence-corrected chi connectivity index (χ0v) is 11.8. The van der Waals surface area contributed by atoms with Crippen LogP contribution in [0.2, 0.25) is 0 Å². The van der Waals surface area contributed by atoms with E-state index in [9.17, 15) is 4.79 Å². The van der Waals surface area contributed by atoms with Gasteiger partial charge in [-0.3, -0.25) is 4.79 Å². The number of nitrogens with one attached hydrogen (secondary N) is 1. The normalized spacial score (nSPS) is 20.9. The Morgan fingerprint density at radius 1 is 1.18 bits per heavy atom. The van der Waals surface area contributed by atoms with Crippen molar-refractivity contribution >= 4 is 5.91 Å². The molecule has 1 rings (SSSR count). The first-order valence-corrected chi connectivity index (χ1v) is 7.03. The second-order valence-corrected chi connectivity index (χ2v) is 6.03. The predicted octanol–water partition coefficient (Wildman–Crippen LogP) is 2.27. The molecule has 17 heavy (non-hydrogen) atoms. The molecule has 0 saturated carbocycles. The standard InChI is InChI=1S/C14H28N2O/c1-11(2)9-16(10-12(3)4)14(17)13-7-5-6-8-15-13/h11-13,15H,5-10H2,1-4H3. The molecule has 100 valence electrons. The van der Waals surface area contributed by atoms with Crippen molar-refractivity contribution in [2.45, 2.75) is 53.0 Å². The number of rotatable bonds is 5. The Bertz CT molecular complexity index is 222. The summed E-state index contributed by atoms with van der Waals surface area (Å²) in [5.74, 6) is 1.40. The number of carbonyl (C=O) groups excluding carboxylic acids is 1. The van der Waals surface area contributed by atoms with Gasteiger partial charge in [0, 0.05) is 13.1 Å². The Balaban J connectivity index is 2.56. The lowest BCUT2D eigenvalue weighted by molar-refractivity contribution is -0.135. The first-order valence-electron chi connectivity index (χ1n) is 7.03. The van der Waals surface area contributed by atoms with E-state index in [0.29, 0.717) is 17.7 Å². The maximum Gasteiger partial charge on any atom is 0.239 e. The SMILES string of the molecule is CC(C)CN(CC(C)C)C(=O)C1CCCCN1. The molecule has 0 aliphatic carbocycles. The predicted molar refractivity (Wildman–Crippen MR) is 71.9 cm³/mol. The summed E-state index contributed by atoms with van der Waals surface area (Å²) in [6.07, 6.45) is 3.39. The number of nitrogens with zero attached hydrogens (tertiary/aromatic N) is 1. The molecule has 3 nitrogen and oxygen atoms in total. The molecule has 3 heteroatoms. The topological polar surface area (TPSA) is 32.3 Å². The Morgan fingerprint density at radius 2 is 1.76 bits per heavy atom. The van der Waals surface area contributed by atoms with Crippen molar-refractivity contribution in [2.24, 2.45) is 11.8 Å². The first-order chi connectivity index (χ1) is 8.00. The van der Waals surface area contributed by atoms with Gasteiger partial charge in [-0.2, -0.15) is 0 Å². The third-order valence-corrected chi connectivity index (χ3v) is 3.09. The van der Waals surface area contributed by atoms with Crippen molar-refractivity contribution in [1.29, 1.82) is 0 Å². The highest BCUT2D eigenvalue weighted by Crippen LogP contribution is 2.12. The van der Waals surface area contributed by atoms with E-state index in [1.54, 1.807) is 0 Å². The van der Waals surface area contributed by atoms with Crippen LogP contribution in [-0.4, -0.2) is 36.5 Å². The van der Waals surface area contributed by atoms with Crippen molar-refractivity contribution in [2.75, 3.05) is 19.6 Å². The zero-order chi connectivity index (χ0) is 12.8. The van der Waals surface area contributed by atoms with E-state index in [2.05, 4.69) is 37.9 Å². The quantitative estimate of drug-likeness (QED) is 0.799. The molecule has 0 aromatic carbocycles. The van der Waals surface area contributed by atoms with Gasteiger partial charge < -0.3 is 10.2 Å². The van der Waals surface area contributed by atoms with Gasteiger partial charge >= 0.3 is 0 Å². The van der Waals surface area contributed by atoms with Gasteiger partial charge in [0.15, 0.2) is 0 Å². The molecule has 1 fully saturated rings. The van der Waals surface area contributed by atoms with Crippen LogP contribution >= 0.6 is 0 Å². The molecule has 1 N–H and O–H groups in total. The fourth-order valence-corrected chi connectivity index (χ4v) is 2.42. The van der Waals surface area contributed by atoms with E-state index in [1.165, 1.54) is 12.8 Å². The molecule has 1 atom stereocenters. The van der Waals surface area contributed by atoms with E-state index in [-0.39, 0.29) is 6.04 Å². The first kappa shape index (κ1) is 14.5. The minimum absolute atomic E-state index is 0.0706. The number of piperidine rings is 1. The fourth-order valence-electron chi connectivity index (χ4n) is 2.42. The third-order valence-electron chi connectivity index (χ3n) is 3.09. The monoisotopic (exact) mass is 240 g/mol. The molecular weight excluding hydrogens is 212 g/mol. The van der Waals surface area contributed by atoms with Crippen molar-refractivity contribution in [1.82, 2.24) is 10.2 Å². The molecule has 1 saturated heterocycles. The molecule has 1 amide bonds. The summed E-state index contributed by atoms with van der Waals surface area (Å²) < 4.78 is 0. The second-order valence-electron chi connectivity index (χ2n) is 6.03. The summed E-state index contributed by atoms with van der Waals surface area (Å²) in [6, 6.07) is 0.0706. The van der Waals surface area contributed by atoms with Gasteiger partial charge in [-0.05, 0) is 31.2 Å². The van der Waals surface area contributed by atoms with E-state index in [4.69, 9.17) is 0 Å². The molecule has 0 spiro atoms. The van der Waals surface area contributed by atoms with Crippen LogP contribution in [0.5, 0.6) is 0 Å². The van der Waals surface area contributed by atoms with E-state index in [1.807, 2.05) is 0 Å². The number of amides is 1. The number of hydrogen-bond acceptors (Lipinski definition) is 2. The smallest absolute Gasteiger partial charge is 0.239 e. The molecular formula is C14H28N2O. The van der Waals surface area contributed by atoms with E-state index in [0.717, 1.165) is 26.1 Å². The van der Waals surface area contributed by atoms with Crippen molar-refractivity contribution < 1.29 is 4.79 Å². The lowest BCUT2D eigenvalue weighted by Crippen LogP contribution is -2.50. The second kappa shape index (κ2) is 7.00. The van der Waals surface area contributed by atoms with Gasteiger partial charge in [0.2, 0.25) is 5.91 Å². The molecule has 0 radical (unpaired) electrons. The molecule has 0 aromatic rings. The maximum atomic E-state index is 12.4. The minimum Gasteiger partial charge on any atom is -0.341 e. The average Bonchev–Trinajstić information content (AvgIpc) is 2.27. The summed E-state index contributed by atoms with van der Waals surface area (Å²) >= 11 is 0. The van der Waals surface area contributed by atoms with Crippen LogP contribution in [0.25, 0.3) is 0 Å². The lowest BCUT2D eigenvalue weighted by atomic mass is 10.0. The molecule has 1 aliphatic rings. The van der Waals surface area contributed by atoms with E-state index < -0.39 is 0 Å². The van der Waals surface area contributed by atoms with Gasteiger partial charge in [0.05, 0.1) is 6.04 Å². The van der Waals surface area contributed by atoms with Crippen LogP contribution in [0.3, 0.4) is 0 Å². The van der Waals surface area contributed by atoms with Crippen LogP contribution in [-0.2, 0) is 4.79 Å². The third kappa shape index (κ3) is 5.07. The Hall–Kier alpha value is -0.570. The molecule has 1 unspecified atom stereocenters. The van der Waals surface area contributed by atoms with Crippen LogP contribution in [0, 0.1) is 11.8 Å². The highest BCUT2D eigenvalue weighted by molar-refractivity contribution is 5.82. The van der Waals surface area contributed by atoms with Gasteiger partial charge in [0.1, 0.15) is 0 Å². The van der Waals surface area contributed by atoms with Crippen molar-refractivity contribution in [3.05, 3.63) is 0 Å². The number of carbonyl (C=O) groups is 1. The van der Waals surface area contributed by atoms with Crippen molar-refractivity contribution in [3.63, 3.8) is 0 Å². The highest BCUT2D eigenvalue weighted by atomic mass is 16.2. The molecule has 0 bridgehead atoms. The Morgan fingerprint density at radius 3 is 2.18 bits per heavy atom.